The van der Waals surface area contributed by atoms with Crippen molar-refractivity contribution in [2.45, 2.75) is 6.92 Å². The number of halogens is 2. The molecule has 0 saturated carbocycles. The Bertz CT molecular complexity index is 209. The van der Waals surface area contributed by atoms with E-state index in [1.165, 1.54) is 0 Å². The van der Waals surface area contributed by atoms with Crippen LogP contribution in [0.5, 0.6) is 0 Å². The lowest BCUT2D eigenvalue weighted by Gasteiger charge is -1.89. The fourth-order valence-electron chi connectivity index (χ4n) is 0.650. The summed E-state index contributed by atoms with van der Waals surface area (Å²) < 4.78 is 2.53. The zero-order valence-electron chi connectivity index (χ0n) is 5.76. The summed E-state index contributed by atoms with van der Waals surface area (Å²) in [6.07, 6.45) is 0. The van der Waals surface area contributed by atoms with E-state index in [0.29, 0.717) is 5.82 Å². The highest BCUT2D eigenvalue weighted by atomic mass is 79.9. The molecule has 1 rings (SSSR count). The average molecular weight is 271 g/mol. The largest absolute Gasteiger partial charge is 0.383 e. The van der Waals surface area contributed by atoms with Gasteiger partial charge in [-0.05, 0) is 22.9 Å². The lowest BCUT2D eigenvalue weighted by molar-refractivity contribution is 0.767. The highest BCUT2D eigenvalue weighted by Gasteiger charge is 2.04. The first-order chi connectivity index (χ1) is 4.13. The number of hydrogen-bond donors (Lipinski definition) is 1. The minimum atomic E-state index is 0. The first kappa shape index (κ1) is 9.97. The molecule has 0 unspecified atom stereocenters. The molecule has 0 aliphatic heterocycles. The van der Waals surface area contributed by atoms with Gasteiger partial charge in [0.1, 0.15) is 5.82 Å². The van der Waals surface area contributed by atoms with E-state index in [9.17, 15) is 0 Å². The Hall–Kier alpha value is -0.0300. The lowest BCUT2D eigenvalue weighted by Crippen LogP contribution is -1.96. The summed E-state index contributed by atoms with van der Waals surface area (Å²) in [6.45, 7) is 1.90. The van der Waals surface area contributed by atoms with Crippen molar-refractivity contribution in [3.8, 4) is 0 Å². The molecule has 0 aromatic carbocycles. The number of nitrogens with zero attached hydrogens (tertiary/aromatic N) is 2. The van der Waals surface area contributed by atoms with Gasteiger partial charge in [0.15, 0.2) is 0 Å². The van der Waals surface area contributed by atoms with Crippen molar-refractivity contribution in [2.75, 3.05) is 5.73 Å². The first-order valence-electron chi connectivity index (χ1n) is 2.57. The summed E-state index contributed by atoms with van der Waals surface area (Å²) in [5.74, 6) is 0.674. The third-order valence-corrected chi connectivity index (χ3v) is 2.17. The SMILES string of the molecule is Br.Cc1nn(C)c(N)c1Br. The van der Waals surface area contributed by atoms with Crippen LogP contribution >= 0.6 is 32.9 Å². The van der Waals surface area contributed by atoms with Crippen LogP contribution in [0.4, 0.5) is 5.82 Å². The monoisotopic (exact) mass is 269 g/mol. The molecule has 5 heteroatoms. The molecule has 58 valence electrons. The van der Waals surface area contributed by atoms with E-state index in [0.717, 1.165) is 10.2 Å². The third-order valence-electron chi connectivity index (χ3n) is 1.19. The van der Waals surface area contributed by atoms with Gasteiger partial charge >= 0.3 is 0 Å². The van der Waals surface area contributed by atoms with Crippen LogP contribution in [0, 0.1) is 6.92 Å². The molecule has 0 atom stereocenters. The predicted octanol–water partition coefficient (Wildman–Crippen LogP) is 1.65. The lowest BCUT2D eigenvalue weighted by atomic mass is 10.5. The number of nitrogen functional groups attached to an aromatic ring is 1. The third kappa shape index (κ3) is 1.52. The molecular formula is C5H9Br2N3. The summed E-state index contributed by atoms with van der Waals surface area (Å²) in [6, 6.07) is 0. The summed E-state index contributed by atoms with van der Waals surface area (Å²) >= 11 is 3.29. The second-order valence-corrected chi connectivity index (χ2v) is 2.70. The summed E-state index contributed by atoms with van der Waals surface area (Å²) in [5.41, 5.74) is 6.48. The van der Waals surface area contributed by atoms with Crippen LogP contribution in [0.1, 0.15) is 5.69 Å². The van der Waals surface area contributed by atoms with E-state index < -0.39 is 0 Å². The molecule has 10 heavy (non-hydrogen) atoms. The normalized spacial score (nSPS) is 9.10. The maximum atomic E-state index is 5.56. The van der Waals surface area contributed by atoms with E-state index in [-0.39, 0.29) is 17.0 Å². The second-order valence-electron chi connectivity index (χ2n) is 1.91. The molecule has 0 fully saturated rings. The van der Waals surface area contributed by atoms with Crippen LogP contribution in [-0.2, 0) is 7.05 Å². The molecule has 0 saturated heterocycles. The van der Waals surface area contributed by atoms with E-state index in [2.05, 4.69) is 21.0 Å². The van der Waals surface area contributed by atoms with Gasteiger partial charge < -0.3 is 5.73 Å². The molecule has 0 spiro atoms. The van der Waals surface area contributed by atoms with Crippen LogP contribution < -0.4 is 5.73 Å². The van der Waals surface area contributed by atoms with Gasteiger partial charge in [-0.15, -0.1) is 17.0 Å². The van der Waals surface area contributed by atoms with Crippen molar-refractivity contribution in [3.05, 3.63) is 10.2 Å². The molecule has 0 radical (unpaired) electrons. The van der Waals surface area contributed by atoms with Gasteiger partial charge in [-0.3, -0.25) is 4.68 Å². The Morgan fingerprint density at radius 1 is 1.60 bits per heavy atom. The molecule has 0 amide bonds. The Labute approximate surface area is 78.5 Å². The van der Waals surface area contributed by atoms with Crippen molar-refractivity contribution in [2.24, 2.45) is 7.05 Å². The second kappa shape index (κ2) is 3.39. The minimum Gasteiger partial charge on any atom is -0.383 e. The van der Waals surface area contributed by atoms with Crippen LogP contribution in [0.15, 0.2) is 4.47 Å². The van der Waals surface area contributed by atoms with Crippen molar-refractivity contribution in [1.29, 1.82) is 0 Å². The average Bonchev–Trinajstić information content (AvgIpc) is 1.98. The van der Waals surface area contributed by atoms with Gasteiger partial charge in [0.25, 0.3) is 0 Å². The highest BCUT2D eigenvalue weighted by Crippen LogP contribution is 2.21. The highest BCUT2D eigenvalue weighted by molar-refractivity contribution is 9.10. The molecule has 2 N–H and O–H groups in total. The van der Waals surface area contributed by atoms with Crippen molar-refractivity contribution >= 4 is 38.7 Å². The number of aryl methyl sites for hydroxylation is 2. The van der Waals surface area contributed by atoms with Gasteiger partial charge in [-0.1, -0.05) is 0 Å². The van der Waals surface area contributed by atoms with Crippen molar-refractivity contribution in [3.63, 3.8) is 0 Å². The standard InChI is InChI=1S/C5H8BrN3.BrH/c1-3-4(6)5(7)9(2)8-3;/h7H2,1-2H3;1H. The molecule has 1 aromatic heterocycles. The number of aromatic nitrogens is 2. The maximum Gasteiger partial charge on any atom is 0.136 e. The molecule has 1 aromatic rings. The molecule has 1 heterocycles. The topological polar surface area (TPSA) is 43.8 Å². The Morgan fingerprint density at radius 2 is 2.10 bits per heavy atom. The fourth-order valence-corrected chi connectivity index (χ4v) is 0.986. The van der Waals surface area contributed by atoms with Gasteiger partial charge in [0.2, 0.25) is 0 Å². The zero-order valence-corrected chi connectivity index (χ0v) is 9.06. The fraction of sp³-hybridized carbons (Fsp3) is 0.400. The van der Waals surface area contributed by atoms with Crippen LogP contribution in [0.2, 0.25) is 0 Å². The van der Waals surface area contributed by atoms with Crippen LogP contribution in [0.25, 0.3) is 0 Å². The van der Waals surface area contributed by atoms with Gasteiger partial charge in [0, 0.05) is 7.05 Å². The van der Waals surface area contributed by atoms with Crippen LogP contribution in [-0.4, -0.2) is 9.78 Å². The maximum absolute atomic E-state index is 5.56. The summed E-state index contributed by atoms with van der Waals surface area (Å²) in [5, 5.41) is 4.05. The smallest absolute Gasteiger partial charge is 0.136 e. The van der Waals surface area contributed by atoms with E-state index >= 15 is 0 Å². The quantitative estimate of drug-likeness (QED) is 0.779. The van der Waals surface area contributed by atoms with Gasteiger partial charge in [-0.2, -0.15) is 5.10 Å². The van der Waals surface area contributed by atoms with Gasteiger partial charge in [0.05, 0.1) is 10.2 Å². The van der Waals surface area contributed by atoms with E-state index in [1.807, 2.05) is 14.0 Å². The van der Waals surface area contributed by atoms with Crippen LogP contribution in [0.3, 0.4) is 0 Å². The van der Waals surface area contributed by atoms with Crippen molar-refractivity contribution in [1.82, 2.24) is 9.78 Å². The number of nitrogens with two attached hydrogens (primary N) is 1. The summed E-state index contributed by atoms with van der Waals surface area (Å²) in [7, 11) is 1.81. The number of anilines is 1. The van der Waals surface area contributed by atoms with E-state index in [1.54, 1.807) is 4.68 Å². The van der Waals surface area contributed by atoms with E-state index in [4.69, 9.17) is 5.73 Å². The zero-order chi connectivity index (χ0) is 7.02. The minimum absolute atomic E-state index is 0. The Morgan fingerprint density at radius 3 is 2.20 bits per heavy atom. The van der Waals surface area contributed by atoms with Crippen molar-refractivity contribution < 1.29 is 0 Å². The molecular weight excluding hydrogens is 262 g/mol. The summed E-state index contributed by atoms with van der Waals surface area (Å²) in [4.78, 5) is 0. The molecule has 0 bridgehead atoms. The number of rotatable bonds is 0. The Balaban J connectivity index is 0.000000810. The predicted molar refractivity (Wildman–Crippen MR) is 50.4 cm³/mol. The first-order valence-corrected chi connectivity index (χ1v) is 3.37. The van der Waals surface area contributed by atoms with Gasteiger partial charge in [-0.25, -0.2) is 0 Å². The molecule has 3 nitrogen and oxygen atoms in total. The number of hydrogen-bond acceptors (Lipinski definition) is 2. The molecule has 0 aliphatic rings. The Kier molecular flexibility index (Phi) is 3.38. The molecule has 0 aliphatic carbocycles.